The van der Waals surface area contributed by atoms with Gasteiger partial charge in [-0.25, -0.2) is 9.59 Å². The molecule has 0 unspecified atom stereocenters. The number of nitrogens with two attached hydrogens (primary N) is 1. The largest absolute Gasteiger partial charge is 0.461 e. The van der Waals surface area contributed by atoms with Crippen molar-refractivity contribution >= 4 is 11.9 Å². The zero-order valence-corrected chi connectivity index (χ0v) is 30.8. The van der Waals surface area contributed by atoms with E-state index in [2.05, 4.69) is 24.1 Å². The Kier molecular flexibility index (Phi) is 16.4. The molecule has 0 aliphatic carbocycles. The Labute approximate surface area is 308 Å². The van der Waals surface area contributed by atoms with Crippen molar-refractivity contribution in [2.45, 2.75) is 132 Å². The molecule has 1 amide bonds. The molecule has 53 heavy (non-hydrogen) atoms. The van der Waals surface area contributed by atoms with Crippen LogP contribution in [0, 0.1) is 0 Å². The summed E-state index contributed by atoms with van der Waals surface area (Å²) in [6, 6.07) is -0.306. The molecule has 0 saturated carbocycles. The summed E-state index contributed by atoms with van der Waals surface area (Å²) in [7, 11) is 2.95. The van der Waals surface area contributed by atoms with Gasteiger partial charge >= 0.3 is 11.7 Å². The average Bonchev–Trinajstić information content (AvgIpc) is 3.54. The molecule has 0 aromatic carbocycles. The molecule has 17 heteroatoms. The Morgan fingerprint density at radius 2 is 1.64 bits per heavy atom. The number of allylic oxidation sites excluding steroid dienone is 2. The maximum absolute atomic E-state index is 14.2. The van der Waals surface area contributed by atoms with E-state index in [1.165, 1.54) is 43.7 Å². The van der Waals surface area contributed by atoms with Gasteiger partial charge in [-0.2, -0.15) is 0 Å². The van der Waals surface area contributed by atoms with Crippen molar-refractivity contribution in [1.82, 2.24) is 19.4 Å². The second kappa shape index (κ2) is 20.4. The number of aromatic nitrogens is 2. The lowest BCUT2D eigenvalue weighted by Crippen LogP contribution is -2.59. The molecule has 10 atom stereocenters. The van der Waals surface area contributed by atoms with Crippen molar-refractivity contribution in [1.29, 1.82) is 0 Å². The van der Waals surface area contributed by atoms with Gasteiger partial charge in [-0.3, -0.25) is 24.0 Å². The third-order valence-electron chi connectivity index (χ3n) is 9.98. The van der Waals surface area contributed by atoms with Crippen LogP contribution in [0.25, 0.3) is 0 Å². The topological polar surface area (TPSA) is 239 Å². The number of carbonyl (C=O) groups is 2. The summed E-state index contributed by atoms with van der Waals surface area (Å²) in [6.07, 6.45) is 4.08. The van der Waals surface area contributed by atoms with E-state index in [1.54, 1.807) is 7.05 Å². The predicted molar refractivity (Wildman–Crippen MR) is 191 cm³/mol. The minimum absolute atomic E-state index is 0.0155. The highest BCUT2D eigenvalue weighted by atomic mass is 16.7. The van der Waals surface area contributed by atoms with E-state index in [4.69, 9.17) is 24.7 Å². The Morgan fingerprint density at radius 1 is 0.962 bits per heavy atom. The summed E-state index contributed by atoms with van der Waals surface area (Å²) in [6.45, 7) is 2.17. The van der Waals surface area contributed by atoms with Crippen LogP contribution in [-0.2, 0) is 28.5 Å². The first-order chi connectivity index (χ1) is 25.4. The molecule has 298 valence electrons. The van der Waals surface area contributed by atoms with Crippen LogP contribution in [0.4, 0.5) is 0 Å². The highest BCUT2D eigenvalue weighted by Crippen LogP contribution is 2.36. The van der Waals surface area contributed by atoms with Gasteiger partial charge in [0.25, 0.3) is 5.56 Å². The number of hydrogen-bond donors (Lipinski definition) is 6. The quantitative estimate of drug-likeness (QED) is 0.0601. The molecule has 7 N–H and O–H groups in total. The fourth-order valence-electron chi connectivity index (χ4n) is 6.87. The standard InChI is InChI=1S/C36H57N5O12/c1-4-5-6-7-8-9-10-11-12-13-14-15-20-50-34(48)22-16-18-39(2)25(32(47)40(22)3)30(53-35-29(46)26(43)23(21-37)51-35)31-27(44)28(45)33(52-31)41-19-17-24(42)38-36(41)49/h5-6,16-17,19,23,25-31,33,35,43-46H,4,7-15,18,20-21,37H2,1-3H3,(H,38,42,49)/b6-5+/t23-,25+,26-,27+,28-,29-,30+,31+,33-,35+/m1/s1. The van der Waals surface area contributed by atoms with Crippen molar-refractivity contribution in [3.63, 3.8) is 0 Å². The number of amides is 1. The first kappa shape index (κ1) is 42.5. The van der Waals surface area contributed by atoms with E-state index in [1.807, 2.05) is 0 Å². The molecule has 4 heterocycles. The lowest BCUT2D eigenvalue weighted by Gasteiger charge is -2.38. The number of esters is 1. The van der Waals surface area contributed by atoms with Crippen molar-refractivity contribution in [3.8, 4) is 0 Å². The van der Waals surface area contributed by atoms with E-state index in [0.717, 1.165) is 53.8 Å². The molecule has 2 fully saturated rings. The van der Waals surface area contributed by atoms with Crippen LogP contribution in [-0.4, -0.2) is 141 Å². The zero-order chi connectivity index (χ0) is 38.7. The van der Waals surface area contributed by atoms with Gasteiger partial charge in [0, 0.05) is 32.4 Å². The summed E-state index contributed by atoms with van der Waals surface area (Å²) >= 11 is 0. The van der Waals surface area contributed by atoms with E-state index in [-0.39, 0.29) is 25.4 Å². The minimum Gasteiger partial charge on any atom is -0.461 e. The van der Waals surface area contributed by atoms with E-state index in [0.29, 0.717) is 6.42 Å². The number of nitrogens with one attached hydrogen (secondary N) is 1. The van der Waals surface area contributed by atoms with Crippen molar-refractivity contribution in [2.24, 2.45) is 5.73 Å². The molecule has 17 nitrogen and oxygen atoms in total. The molecule has 3 aliphatic heterocycles. The summed E-state index contributed by atoms with van der Waals surface area (Å²) < 4.78 is 24.2. The van der Waals surface area contributed by atoms with Gasteiger partial charge in [0.15, 0.2) is 12.5 Å². The van der Waals surface area contributed by atoms with Crippen LogP contribution < -0.4 is 17.0 Å². The fraction of sp³-hybridized carbons (Fsp3) is 0.722. The molecule has 3 aliphatic rings. The van der Waals surface area contributed by atoms with Crippen molar-refractivity contribution < 1.29 is 49.0 Å². The third-order valence-corrected chi connectivity index (χ3v) is 9.98. The van der Waals surface area contributed by atoms with Crippen LogP contribution in [0.1, 0.15) is 77.4 Å². The molecule has 0 bridgehead atoms. The maximum Gasteiger partial charge on any atom is 0.354 e. The number of carbonyl (C=O) groups excluding carboxylic acids is 2. The molecule has 0 spiro atoms. The van der Waals surface area contributed by atoms with Crippen LogP contribution in [0.3, 0.4) is 0 Å². The highest BCUT2D eigenvalue weighted by molar-refractivity contribution is 5.96. The predicted octanol–water partition coefficient (Wildman–Crippen LogP) is -0.377. The first-order valence-corrected chi connectivity index (χ1v) is 18.6. The lowest BCUT2D eigenvalue weighted by molar-refractivity contribution is -0.232. The number of aliphatic hydroxyl groups excluding tert-OH is 4. The number of hydrogen-bond acceptors (Lipinski definition) is 14. The Morgan fingerprint density at radius 3 is 2.28 bits per heavy atom. The smallest absolute Gasteiger partial charge is 0.354 e. The van der Waals surface area contributed by atoms with Crippen molar-refractivity contribution in [2.75, 3.05) is 33.8 Å². The van der Waals surface area contributed by atoms with E-state index in [9.17, 15) is 39.6 Å². The normalized spacial score (nSPS) is 30.2. The molecular formula is C36H57N5O12. The van der Waals surface area contributed by atoms with Crippen LogP contribution >= 0.6 is 0 Å². The van der Waals surface area contributed by atoms with E-state index < -0.39 is 84.4 Å². The molecule has 1 aromatic heterocycles. The van der Waals surface area contributed by atoms with Gasteiger partial charge in [0.05, 0.1) is 6.61 Å². The number of aliphatic hydroxyl groups is 4. The molecule has 1 aromatic rings. The zero-order valence-electron chi connectivity index (χ0n) is 30.8. The molecular weight excluding hydrogens is 694 g/mol. The van der Waals surface area contributed by atoms with Gasteiger partial charge < -0.3 is 50.0 Å². The monoisotopic (exact) mass is 751 g/mol. The summed E-state index contributed by atoms with van der Waals surface area (Å²) in [5, 5.41) is 43.5. The third kappa shape index (κ3) is 10.7. The molecule has 4 rings (SSSR count). The van der Waals surface area contributed by atoms with Crippen molar-refractivity contribution in [3.05, 3.63) is 57.0 Å². The first-order valence-electron chi connectivity index (χ1n) is 18.6. The molecule has 2 saturated heterocycles. The number of ether oxygens (including phenoxy) is 4. The lowest BCUT2D eigenvalue weighted by atomic mass is 9.97. The summed E-state index contributed by atoms with van der Waals surface area (Å²) in [5.41, 5.74) is 4.05. The Hall–Kier alpha value is -3.26. The number of unbranched alkanes of at least 4 members (excludes halogenated alkanes) is 8. The SMILES string of the molecule is CC/C=C/CCCCCCCCCCOC(=O)C1=CCN(C)[C@@H]([C@H](O[C@@H]2O[C@H](CN)[C@@H](O)[C@H]2O)[C@H]2O[C@@H](n3ccc(=O)[nH]c3=O)[C@H](O)[C@@H]2O)C(=O)N1C. The Balaban J connectivity index is 1.42. The second-order valence-electron chi connectivity index (χ2n) is 13.9. The Bertz CT molecular complexity index is 1520. The van der Waals surface area contributed by atoms with Gasteiger partial charge in [0.2, 0.25) is 5.91 Å². The summed E-state index contributed by atoms with van der Waals surface area (Å²) in [4.78, 5) is 56.4. The minimum atomic E-state index is -1.77. The summed E-state index contributed by atoms with van der Waals surface area (Å²) in [5.74, 6) is -1.38. The van der Waals surface area contributed by atoms with Gasteiger partial charge in [-0.1, -0.05) is 57.6 Å². The van der Waals surface area contributed by atoms with Crippen LogP contribution in [0.15, 0.2) is 45.8 Å². The van der Waals surface area contributed by atoms with Gasteiger partial charge in [-0.05, 0) is 38.8 Å². The number of H-pyrrole nitrogens is 1. The van der Waals surface area contributed by atoms with Gasteiger partial charge in [-0.15, -0.1) is 0 Å². The second-order valence-corrected chi connectivity index (χ2v) is 13.9. The maximum atomic E-state index is 14.2. The average molecular weight is 752 g/mol. The van der Waals surface area contributed by atoms with E-state index >= 15 is 0 Å². The van der Waals surface area contributed by atoms with Gasteiger partial charge in [0.1, 0.15) is 54.5 Å². The number of nitrogens with zero attached hydrogens (tertiary/aromatic N) is 3. The van der Waals surface area contributed by atoms with Crippen LogP contribution in [0.5, 0.6) is 0 Å². The fourth-order valence-corrected chi connectivity index (χ4v) is 6.87. The van der Waals surface area contributed by atoms with Crippen LogP contribution in [0.2, 0.25) is 0 Å². The number of rotatable bonds is 19. The molecule has 0 radical (unpaired) electrons. The highest BCUT2D eigenvalue weighted by Gasteiger charge is 2.55. The number of likely N-dealkylation sites (N-methyl/N-ethyl adjacent to an activating group) is 2. The number of aromatic amines is 1.